The lowest BCUT2D eigenvalue weighted by Crippen LogP contribution is -2.05. The molecular formula is C13H10ClNO3. The Bertz CT molecular complexity index is 644. The maximum Gasteiger partial charge on any atom is 0.345 e. The molecule has 0 amide bonds. The first-order valence-electron chi connectivity index (χ1n) is 5.20. The van der Waals surface area contributed by atoms with Gasteiger partial charge >= 0.3 is 5.63 Å². The SMILES string of the molecule is Cc1c(O)nc(C=Cc2ccc(Cl)cc2)oc1=O. The predicted octanol–water partition coefficient (Wildman–Crippen LogP) is 2.87. The van der Waals surface area contributed by atoms with Gasteiger partial charge in [-0.05, 0) is 30.7 Å². The number of nitrogens with zero attached hydrogens (tertiary/aromatic N) is 1. The molecule has 1 heterocycles. The third-order valence-electron chi connectivity index (χ3n) is 2.34. The van der Waals surface area contributed by atoms with Gasteiger partial charge < -0.3 is 9.52 Å². The fourth-order valence-electron chi connectivity index (χ4n) is 1.29. The summed E-state index contributed by atoms with van der Waals surface area (Å²) in [6.07, 6.45) is 3.21. The van der Waals surface area contributed by atoms with E-state index in [1.54, 1.807) is 18.2 Å². The summed E-state index contributed by atoms with van der Waals surface area (Å²) in [5.74, 6) is -0.264. The average Bonchev–Trinajstić information content (AvgIpc) is 2.35. The molecule has 0 radical (unpaired) electrons. The Balaban J connectivity index is 2.29. The van der Waals surface area contributed by atoms with Crippen molar-refractivity contribution in [3.8, 4) is 5.88 Å². The molecule has 18 heavy (non-hydrogen) atoms. The first-order valence-corrected chi connectivity index (χ1v) is 5.58. The molecule has 2 aromatic rings. The van der Waals surface area contributed by atoms with Crippen LogP contribution in [-0.2, 0) is 0 Å². The number of rotatable bonds is 2. The molecule has 0 aliphatic carbocycles. The zero-order valence-electron chi connectivity index (χ0n) is 9.55. The van der Waals surface area contributed by atoms with Gasteiger partial charge in [-0.15, -0.1) is 0 Å². The summed E-state index contributed by atoms with van der Waals surface area (Å²) in [7, 11) is 0. The summed E-state index contributed by atoms with van der Waals surface area (Å²) in [5.41, 5.74) is 0.376. The Morgan fingerprint density at radius 2 is 1.94 bits per heavy atom. The first kappa shape index (κ1) is 12.4. The van der Waals surface area contributed by atoms with Crippen molar-refractivity contribution in [2.45, 2.75) is 6.92 Å². The summed E-state index contributed by atoms with van der Waals surface area (Å²) < 4.78 is 4.89. The number of hydrogen-bond acceptors (Lipinski definition) is 4. The summed E-state index contributed by atoms with van der Waals surface area (Å²) in [6, 6.07) is 7.12. The molecule has 92 valence electrons. The van der Waals surface area contributed by atoms with Crippen LogP contribution < -0.4 is 5.63 Å². The molecule has 0 fully saturated rings. The lowest BCUT2D eigenvalue weighted by Gasteiger charge is -1.97. The molecule has 0 bridgehead atoms. The van der Waals surface area contributed by atoms with Gasteiger partial charge in [-0.3, -0.25) is 0 Å². The molecule has 5 heteroatoms. The molecule has 0 aliphatic heterocycles. The Kier molecular flexibility index (Phi) is 3.48. The van der Waals surface area contributed by atoms with Crippen LogP contribution in [0.2, 0.25) is 5.02 Å². The van der Waals surface area contributed by atoms with Gasteiger partial charge in [0.2, 0.25) is 11.8 Å². The predicted molar refractivity (Wildman–Crippen MR) is 69.6 cm³/mol. The van der Waals surface area contributed by atoms with Crippen molar-refractivity contribution in [3.63, 3.8) is 0 Å². The Morgan fingerprint density at radius 3 is 2.56 bits per heavy atom. The molecule has 0 atom stereocenters. The van der Waals surface area contributed by atoms with Crippen molar-refractivity contribution < 1.29 is 9.52 Å². The van der Waals surface area contributed by atoms with Gasteiger partial charge in [0.25, 0.3) is 0 Å². The Hall–Kier alpha value is -2.07. The summed E-state index contributed by atoms with van der Waals surface area (Å²) in [6.45, 7) is 1.45. The molecule has 4 nitrogen and oxygen atoms in total. The lowest BCUT2D eigenvalue weighted by atomic mass is 10.2. The third kappa shape index (κ3) is 2.78. The Labute approximate surface area is 108 Å². The van der Waals surface area contributed by atoms with E-state index in [0.29, 0.717) is 5.02 Å². The molecule has 1 aromatic heterocycles. The zero-order valence-corrected chi connectivity index (χ0v) is 10.3. The maximum absolute atomic E-state index is 11.3. The number of benzene rings is 1. The van der Waals surface area contributed by atoms with Gasteiger partial charge in [0.05, 0.1) is 5.56 Å². The van der Waals surface area contributed by atoms with E-state index in [1.165, 1.54) is 13.0 Å². The summed E-state index contributed by atoms with van der Waals surface area (Å²) >= 11 is 5.76. The Morgan fingerprint density at radius 1 is 1.28 bits per heavy atom. The highest BCUT2D eigenvalue weighted by Gasteiger charge is 2.05. The van der Waals surface area contributed by atoms with Gasteiger partial charge in [-0.25, -0.2) is 4.79 Å². The molecular weight excluding hydrogens is 254 g/mol. The second kappa shape index (κ2) is 5.06. The standard InChI is InChI=1S/C13H10ClNO3/c1-8-12(16)15-11(18-13(8)17)7-4-9-2-5-10(14)6-3-9/h2-7,16H,1H3. The van der Waals surface area contributed by atoms with Gasteiger partial charge in [-0.1, -0.05) is 23.7 Å². The van der Waals surface area contributed by atoms with Crippen LogP contribution in [0.1, 0.15) is 17.0 Å². The lowest BCUT2D eigenvalue weighted by molar-refractivity contribution is 0.402. The maximum atomic E-state index is 11.3. The van der Waals surface area contributed by atoms with Crippen LogP contribution in [0.4, 0.5) is 0 Å². The second-order valence-corrected chi connectivity index (χ2v) is 4.11. The van der Waals surface area contributed by atoms with Crippen LogP contribution in [0.5, 0.6) is 5.88 Å². The van der Waals surface area contributed by atoms with Crippen molar-refractivity contribution >= 4 is 23.8 Å². The molecule has 2 rings (SSSR count). The quantitative estimate of drug-likeness (QED) is 0.905. The fraction of sp³-hybridized carbons (Fsp3) is 0.0769. The van der Waals surface area contributed by atoms with Crippen LogP contribution in [-0.4, -0.2) is 10.1 Å². The van der Waals surface area contributed by atoms with Gasteiger partial charge in [0.15, 0.2) is 0 Å². The average molecular weight is 264 g/mol. The van der Waals surface area contributed by atoms with Crippen molar-refractivity contribution in [1.82, 2.24) is 4.98 Å². The van der Waals surface area contributed by atoms with E-state index in [0.717, 1.165) is 5.56 Å². The third-order valence-corrected chi connectivity index (χ3v) is 2.60. The fourth-order valence-corrected chi connectivity index (χ4v) is 1.41. The van der Waals surface area contributed by atoms with E-state index >= 15 is 0 Å². The first-order chi connectivity index (χ1) is 8.56. The van der Waals surface area contributed by atoms with Crippen LogP contribution in [0.15, 0.2) is 33.5 Å². The van der Waals surface area contributed by atoms with E-state index in [2.05, 4.69) is 4.98 Å². The highest BCUT2D eigenvalue weighted by molar-refractivity contribution is 6.30. The topological polar surface area (TPSA) is 63.3 Å². The minimum absolute atomic E-state index is 0.0538. The molecule has 1 aromatic carbocycles. The zero-order chi connectivity index (χ0) is 13.1. The number of halogens is 1. The van der Waals surface area contributed by atoms with E-state index in [9.17, 15) is 9.90 Å². The van der Waals surface area contributed by atoms with Crippen molar-refractivity contribution in [2.75, 3.05) is 0 Å². The highest BCUT2D eigenvalue weighted by Crippen LogP contribution is 2.13. The van der Waals surface area contributed by atoms with E-state index in [4.69, 9.17) is 16.0 Å². The summed E-state index contributed by atoms with van der Waals surface area (Å²) in [4.78, 5) is 15.0. The smallest absolute Gasteiger partial charge is 0.345 e. The van der Waals surface area contributed by atoms with E-state index in [-0.39, 0.29) is 17.3 Å². The van der Waals surface area contributed by atoms with Crippen LogP contribution in [0.3, 0.4) is 0 Å². The van der Waals surface area contributed by atoms with Crippen LogP contribution >= 0.6 is 11.6 Å². The van der Waals surface area contributed by atoms with Crippen molar-refractivity contribution in [3.05, 3.63) is 56.7 Å². The minimum atomic E-state index is -0.599. The van der Waals surface area contributed by atoms with Gasteiger partial charge in [-0.2, -0.15) is 4.98 Å². The van der Waals surface area contributed by atoms with Crippen molar-refractivity contribution in [2.24, 2.45) is 0 Å². The van der Waals surface area contributed by atoms with E-state index < -0.39 is 5.63 Å². The van der Waals surface area contributed by atoms with Gasteiger partial charge in [0, 0.05) is 11.1 Å². The molecule has 0 unspecified atom stereocenters. The number of hydrogen-bond donors (Lipinski definition) is 1. The summed E-state index contributed by atoms with van der Waals surface area (Å²) in [5, 5.41) is 10.0. The molecule has 1 N–H and O–H groups in total. The minimum Gasteiger partial charge on any atom is -0.493 e. The normalized spacial score (nSPS) is 11.0. The second-order valence-electron chi connectivity index (χ2n) is 3.67. The largest absolute Gasteiger partial charge is 0.493 e. The van der Waals surface area contributed by atoms with Crippen LogP contribution in [0.25, 0.3) is 12.2 Å². The molecule has 0 saturated heterocycles. The van der Waals surface area contributed by atoms with E-state index in [1.807, 2.05) is 12.1 Å². The monoisotopic (exact) mass is 263 g/mol. The van der Waals surface area contributed by atoms with Crippen molar-refractivity contribution in [1.29, 1.82) is 0 Å². The number of aromatic hydroxyl groups is 1. The molecule has 0 spiro atoms. The number of aromatic nitrogens is 1. The van der Waals surface area contributed by atoms with Crippen LogP contribution in [0, 0.1) is 6.92 Å². The molecule has 0 aliphatic rings. The molecule has 0 saturated carbocycles. The van der Waals surface area contributed by atoms with Gasteiger partial charge in [0.1, 0.15) is 0 Å². The highest BCUT2D eigenvalue weighted by atomic mass is 35.5.